The minimum atomic E-state index is -3.08. The molecule has 0 spiro atoms. The van der Waals surface area contributed by atoms with Gasteiger partial charge in [-0.1, -0.05) is 0 Å². The molecule has 0 radical (unpaired) electrons. The summed E-state index contributed by atoms with van der Waals surface area (Å²) in [6, 6.07) is 0. The maximum absolute atomic E-state index is 11.4. The first-order valence-electron chi connectivity index (χ1n) is 4.92. The van der Waals surface area contributed by atoms with Gasteiger partial charge in [-0.3, -0.25) is 0 Å². The second-order valence-corrected chi connectivity index (χ2v) is 7.00. The van der Waals surface area contributed by atoms with E-state index >= 15 is 0 Å². The Hall–Kier alpha value is -0.950. The van der Waals surface area contributed by atoms with Gasteiger partial charge < -0.3 is 9.73 Å². The highest BCUT2D eigenvalue weighted by Gasteiger charge is 2.29. The van der Waals surface area contributed by atoms with Crippen molar-refractivity contribution in [2.45, 2.75) is 32.1 Å². The molecule has 0 fully saturated rings. The van der Waals surface area contributed by atoms with E-state index in [2.05, 4.69) is 15.5 Å². The zero-order valence-corrected chi connectivity index (χ0v) is 10.8. The van der Waals surface area contributed by atoms with Crippen molar-refractivity contribution in [2.75, 3.05) is 12.8 Å². The van der Waals surface area contributed by atoms with E-state index in [4.69, 9.17) is 4.42 Å². The molecule has 0 saturated heterocycles. The highest BCUT2D eigenvalue weighted by molar-refractivity contribution is 7.92. The lowest BCUT2D eigenvalue weighted by molar-refractivity contribution is 0.436. The first-order valence-corrected chi connectivity index (χ1v) is 6.81. The molecule has 92 valence electrons. The Morgan fingerprint density at radius 3 is 2.44 bits per heavy atom. The fourth-order valence-corrected chi connectivity index (χ4v) is 1.37. The van der Waals surface area contributed by atoms with Crippen LogP contribution < -0.4 is 5.32 Å². The molecule has 0 aliphatic heterocycles. The third-order valence-corrected chi connectivity index (χ3v) is 4.55. The van der Waals surface area contributed by atoms with Crippen molar-refractivity contribution in [3.63, 3.8) is 0 Å². The van der Waals surface area contributed by atoms with Gasteiger partial charge in [-0.05, 0) is 13.8 Å². The normalized spacial score (nSPS) is 13.0. The lowest BCUT2D eigenvalue weighted by Gasteiger charge is -2.22. The SMILES string of the molecule is Cc1nnc(CNCC(C)(C)S(C)(=O)=O)o1. The van der Waals surface area contributed by atoms with E-state index in [1.807, 2.05) is 0 Å². The van der Waals surface area contributed by atoms with E-state index in [0.717, 1.165) is 0 Å². The van der Waals surface area contributed by atoms with Crippen molar-refractivity contribution in [3.8, 4) is 0 Å². The fourth-order valence-electron chi connectivity index (χ4n) is 1.01. The molecular weight excluding hydrogens is 230 g/mol. The van der Waals surface area contributed by atoms with E-state index in [-0.39, 0.29) is 0 Å². The summed E-state index contributed by atoms with van der Waals surface area (Å²) < 4.78 is 27.2. The maximum Gasteiger partial charge on any atom is 0.230 e. The molecule has 1 N–H and O–H groups in total. The van der Waals surface area contributed by atoms with Crippen LogP contribution in [-0.2, 0) is 16.4 Å². The van der Waals surface area contributed by atoms with Gasteiger partial charge in [0.1, 0.15) is 0 Å². The minimum Gasteiger partial charge on any atom is -0.424 e. The molecule has 0 aliphatic rings. The van der Waals surface area contributed by atoms with E-state index < -0.39 is 14.6 Å². The third-order valence-electron chi connectivity index (χ3n) is 2.40. The molecule has 0 aliphatic carbocycles. The second kappa shape index (κ2) is 4.50. The number of nitrogens with zero attached hydrogens (tertiary/aromatic N) is 2. The Morgan fingerprint density at radius 2 is 2.00 bits per heavy atom. The number of rotatable bonds is 5. The van der Waals surface area contributed by atoms with Crippen LogP contribution in [0.1, 0.15) is 25.6 Å². The third kappa shape index (κ3) is 3.28. The van der Waals surface area contributed by atoms with Crippen LogP contribution in [0.4, 0.5) is 0 Å². The van der Waals surface area contributed by atoms with Crippen LogP contribution in [0.5, 0.6) is 0 Å². The number of hydrogen-bond acceptors (Lipinski definition) is 6. The highest BCUT2D eigenvalue weighted by Crippen LogP contribution is 2.13. The summed E-state index contributed by atoms with van der Waals surface area (Å²) in [7, 11) is -3.08. The van der Waals surface area contributed by atoms with Gasteiger partial charge >= 0.3 is 0 Å². The Kier molecular flexibility index (Phi) is 3.69. The standard InChI is InChI=1S/C9H17N3O3S/c1-7-11-12-8(15-7)5-10-6-9(2,3)16(4,13)14/h10H,5-6H2,1-4H3. The second-order valence-electron chi connectivity index (χ2n) is 4.35. The summed E-state index contributed by atoms with van der Waals surface area (Å²) in [6.45, 7) is 5.77. The van der Waals surface area contributed by atoms with Gasteiger partial charge in [-0.15, -0.1) is 10.2 Å². The Morgan fingerprint density at radius 1 is 1.38 bits per heavy atom. The maximum atomic E-state index is 11.4. The largest absolute Gasteiger partial charge is 0.424 e. The zero-order valence-electron chi connectivity index (χ0n) is 9.94. The number of nitrogens with one attached hydrogen (secondary N) is 1. The molecule has 6 nitrogen and oxygen atoms in total. The summed E-state index contributed by atoms with van der Waals surface area (Å²) in [4.78, 5) is 0. The van der Waals surface area contributed by atoms with Crippen molar-refractivity contribution in [3.05, 3.63) is 11.8 Å². The van der Waals surface area contributed by atoms with Crippen molar-refractivity contribution in [1.82, 2.24) is 15.5 Å². The number of sulfone groups is 1. The van der Waals surface area contributed by atoms with Crippen LogP contribution in [0.25, 0.3) is 0 Å². The average Bonchev–Trinajstić information content (AvgIpc) is 2.49. The highest BCUT2D eigenvalue weighted by atomic mass is 32.2. The first-order chi connectivity index (χ1) is 7.22. The zero-order chi connectivity index (χ0) is 12.4. The van der Waals surface area contributed by atoms with Crippen LogP contribution in [0.15, 0.2) is 4.42 Å². The van der Waals surface area contributed by atoms with E-state index in [0.29, 0.717) is 24.9 Å². The van der Waals surface area contributed by atoms with E-state index in [1.54, 1.807) is 20.8 Å². The summed E-state index contributed by atoms with van der Waals surface area (Å²) in [5, 5.41) is 10.5. The molecule has 0 aromatic carbocycles. The molecular formula is C9H17N3O3S. The van der Waals surface area contributed by atoms with Crippen LogP contribution in [0.3, 0.4) is 0 Å². The minimum absolute atomic E-state index is 0.341. The summed E-state index contributed by atoms with van der Waals surface area (Å²) in [6.07, 6.45) is 1.23. The topological polar surface area (TPSA) is 85.1 Å². The van der Waals surface area contributed by atoms with Gasteiger partial charge in [0.05, 0.1) is 11.3 Å². The van der Waals surface area contributed by atoms with Gasteiger partial charge in [0.25, 0.3) is 0 Å². The van der Waals surface area contributed by atoms with E-state index in [9.17, 15) is 8.42 Å². The molecule has 0 unspecified atom stereocenters. The fraction of sp³-hybridized carbons (Fsp3) is 0.778. The van der Waals surface area contributed by atoms with Crippen LogP contribution >= 0.6 is 0 Å². The Balaban J connectivity index is 2.48. The molecule has 0 amide bonds. The molecule has 7 heteroatoms. The van der Waals surface area contributed by atoms with Crippen LogP contribution in [0.2, 0.25) is 0 Å². The van der Waals surface area contributed by atoms with Gasteiger partial charge in [0.15, 0.2) is 9.84 Å². The van der Waals surface area contributed by atoms with Crippen LogP contribution in [-0.4, -0.2) is 36.2 Å². The van der Waals surface area contributed by atoms with Gasteiger partial charge in [-0.2, -0.15) is 0 Å². The molecule has 0 bridgehead atoms. The molecule has 1 aromatic rings. The molecule has 0 atom stereocenters. The lowest BCUT2D eigenvalue weighted by Crippen LogP contribution is -2.41. The first kappa shape index (κ1) is 13.1. The Bertz CT molecular complexity index is 450. The average molecular weight is 247 g/mol. The predicted octanol–water partition coefficient (Wildman–Crippen LogP) is 0.291. The van der Waals surface area contributed by atoms with E-state index in [1.165, 1.54) is 6.26 Å². The molecule has 1 aromatic heterocycles. The van der Waals surface area contributed by atoms with Crippen molar-refractivity contribution in [1.29, 1.82) is 0 Å². The molecule has 1 rings (SSSR count). The van der Waals surface area contributed by atoms with Gasteiger partial charge in [0.2, 0.25) is 11.8 Å². The van der Waals surface area contributed by atoms with Crippen molar-refractivity contribution >= 4 is 9.84 Å². The van der Waals surface area contributed by atoms with Gasteiger partial charge in [0, 0.05) is 19.7 Å². The number of aryl methyl sites for hydroxylation is 1. The summed E-state index contributed by atoms with van der Waals surface area (Å²) in [5.41, 5.74) is 0. The molecule has 1 heterocycles. The number of hydrogen-bond donors (Lipinski definition) is 1. The quantitative estimate of drug-likeness (QED) is 0.805. The smallest absolute Gasteiger partial charge is 0.230 e. The monoisotopic (exact) mass is 247 g/mol. The Labute approximate surface area is 95.4 Å². The molecule has 16 heavy (non-hydrogen) atoms. The van der Waals surface area contributed by atoms with Crippen molar-refractivity contribution in [2.24, 2.45) is 0 Å². The summed E-state index contributed by atoms with van der Waals surface area (Å²) in [5.74, 6) is 0.959. The van der Waals surface area contributed by atoms with Gasteiger partial charge in [-0.25, -0.2) is 8.42 Å². The molecule has 0 saturated carbocycles. The van der Waals surface area contributed by atoms with Crippen LogP contribution in [0, 0.1) is 6.92 Å². The summed E-state index contributed by atoms with van der Waals surface area (Å²) >= 11 is 0. The predicted molar refractivity (Wildman–Crippen MR) is 59.7 cm³/mol. The van der Waals surface area contributed by atoms with Crippen molar-refractivity contribution < 1.29 is 12.8 Å². The lowest BCUT2D eigenvalue weighted by atomic mass is 10.2. The number of aromatic nitrogens is 2.